The highest BCUT2D eigenvalue weighted by Crippen LogP contribution is 2.37. The summed E-state index contributed by atoms with van der Waals surface area (Å²) < 4.78 is 26.9. The molecule has 2 rings (SSSR count). The van der Waals surface area contributed by atoms with Crippen LogP contribution in [-0.4, -0.2) is 5.11 Å². The van der Waals surface area contributed by atoms with Gasteiger partial charge in [0, 0.05) is 11.6 Å². The molecule has 1 aliphatic carbocycles. The molecule has 0 saturated heterocycles. The van der Waals surface area contributed by atoms with E-state index in [-0.39, 0.29) is 11.5 Å². The Morgan fingerprint density at radius 1 is 1.11 bits per heavy atom. The van der Waals surface area contributed by atoms with Gasteiger partial charge in [0.05, 0.1) is 6.10 Å². The van der Waals surface area contributed by atoms with Gasteiger partial charge in [-0.25, -0.2) is 8.78 Å². The van der Waals surface area contributed by atoms with E-state index in [0.717, 1.165) is 31.7 Å². The summed E-state index contributed by atoms with van der Waals surface area (Å²) in [7, 11) is 0. The molecule has 100 valence electrons. The van der Waals surface area contributed by atoms with Crippen molar-refractivity contribution in [3.05, 3.63) is 34.9 Å². The number of aliphatic hydroxyl groups excluding tert-OH is 1. The Hall–Kier alpha value is -0.960. The van der Waals surface area contributed by atoms with E-state index in [9.17, 15) is 13.9 Å². The zero-order valence-electron chi connectivity index (χ0n) is 10.9. The van der Waals surface area contributed by atoms with E-state index in [0.29, 0.717) is 11.5 Å². The molecule has 0 bridgehead atoms. The summed E-state index contributed by atoms with van der Waals surface area (Å²) in [4.78, 5) is 0. The van der Waals surface area contributed by atoms with Crippen molar-refractivity contribution in [1.29, 1.82) is 0 Å². The fraction of sp³-hybridized carbons (Fsp3) is 0.600. The van der Waals surface area contributed by atoms with Crippen LogP contribution in [-0.2, 0) is 0 Å². The van der Waals surface area contributed by atoms with Crippen LogP contribution in [0, 0.1) is 30.4 Å². The van der Waals surface area contributed by atoms with Crippen molar-refractivity contribution in [3.8, 4) is 0 Å². The van der Waals surface area contributed by atoms with Gasteiger partial charge in [0.1, 0.15) is 11.6 Å². The number of hydrogen-bond donors (Lipinski definition) is 1. The lowest BCUT2D eigenvalue weighted by Crippen LogP contribution is -2.20. The Bertz CT molecular complexity index is 423. The second-order valence-electron chi connectivity index (χ2n) is 5.59. The Balaban J connectivity index is 2.18. The largest absolute Gasteiger partial charge is 0.388 e. The summed E-state index contributed by atoms with van der Waals surface area (Å²) in [5, 5.41) is 10.3. The van der Waals surface area contributed by atoms with Gasteiger partial charge >= 0.3 is 0 Å². The van der Waals surface area contributed by atoms with Gasteiger partial charge in [-0.3, -0.25) is 0 Å². The highest BCUT2D eigenvalue weighted by atomic mass is 19.1. The van der Waals surface area contributed by atoms with Crippen LogP contribution in [0.1, 0.15) is 49.8 Å². The molecule has 18 heavy (non-hydrogen) atoms. The predicted octanol–water partition coefficient (Wildman–Crippen LogP) is 4.13. The number of hydrogen-bond acceptors (Lipinski definition) is 1. The highest BCUT2D eigenvalue weighted by molar-refractivity contribution is 5.27. The fourth-order valence-electron chi connectivity index (χ4n) is 2.76. The Morgan fingerprint density at radius 2 is 1.72 bits per heavy atom. The standard InChI is InChI=1S/C15H20F2O/c1-9-3-5-11(6-4-9)15(18)12-7-10(2)13(16)8-14(12)17/h7-9,11,15,18H,3-6H2,1-2H3. The zero-order chi connectivity index (χ0) is 13.3. The summed E-state index contributed by atoms with van der Waals surface area (Å²) in [6, 6.07) is 2.31. The summed E-state index contributed by atoms with van der Waals surface area (Å²) >= 11 is 0. The summed E-state index contributed by atoms with van der Waals surface area (Å²) in [5.41, 5.74) is 0.628. The zero-order valence-corrected chi connectivity index (χ0v) is 10.9. The normalized spacial score (nSPS) is 26.1. The van der Waals surface area contributed by atoms with Crippen LogP contribution < -0.4 is 0 Å². The van der Waals surface area contributed by atoms with Crippen LogP contribution in [0.2, 0.25) is 0 Å². The monoisotopic (exact) mass is 254 g/mol. The van der Waals surface area contributed by atoms with E-state index in [1.807, 2.05) is 0 Å². The lowest BCUT2D eigenvalue weighted by atomic mass is 9.78. The molecule has 0 radical (unpaired) electrons. The molecule has 3 heteroatoms. The molecular formula is C15H20F2O. The van der Waals surface area contributed by atoms with E-state index < -0.39 is 17.7 Å². The lowest BCUT2D eigenvalue weighted by Gasteiger charge is -2.30. The summed E-state index contributed by atoms with van der Waals surface area (Å²) in [6.07, 6.45) is 3.17. The van der Waals surface area contributed by atoms with E-state index in [1.165, 1.54) is 6.07 Å². The van der Waals surface area contributed by atoms with Gasteiger partial charge in [0.2, 0.25) is 0 Å². The minimum atomic E-state index is -0.809. The number of aryl methyl sites for hydroxylation is 1. The van der Waals surface area contributed by atoms with Gasteiger partial charge in [-0.05, 0) is 43.2 Å². The van der Waals surface area contributed by atoms with E-state index >= 15 is 0 Å². The molecule has 1 saturated carbocycles. The maximum absolute atomic E-state index is 13.7. The highest BCUT2D eigenvalue weighted by Gasteiger charge is 2.27. The van der Waals surface area contributed by atoms with Crippen LogP contribution in [0.5, 0.6) is 0 Å². The Morgan fingerprint density at radius 3 is 2.33 bits per heavy atom. The van der Waals surface area contributed by atoms with Crippen molar-refractivity contribution >= 4 is 0 Å². The molecule has 1 fully saturated rings. The molecule has 1 N–H and O–H groups in total. The first-order chi connectivity index (χ1) is 8.49. The molecule has 0 aromatic heterocycles. The first-order valence-corrected chi connectivity index (χ1v) is 6.62. The van der Waals surface area contributed by atoms with Crippen molar-refractivity contribution in [2.24, 2.45) is 11.8 Å². The van der Waals surface area contributed by atoms with Crippen LogP contribution >= 0.6 is 0 Å². The van der Waals surface area contributed by atoms with Crippen LogP contribution in [0.15, 0.2) is 12.1 Å². The van der Waals surface area contributed by atoms with Crippen molar-refractivity contribution in [3.63, 3.8) is 0 Å². The molecule has 1 unspecified atom stereocenters. The summed E-state index contributed by atoms with van der Waals surface area (Å²) in [6.45, 7) is 3.79. The second-order valence-corrected chi connectivity index (χ2v) is 5.59. The quantitative estimate of drug-likeness (QED) is 0.841. The number of halogens is 2. The fourth-order valence-corrected chi connectivity index (χ4v) is 2.76. The van der Waals surface area contributed by atoms with Crippen molar-refractivity contribution in [1.82, 2.24) is 0 Å². The van der Waals surface area contributed by atoms with Crippen LogP contribution in [0.25, 0.3) is 0 Å². The predicted molar refractivity (Wildman–Crippen MR) is 67.2 cm³/mol. The van der Waals surface area contributed by atoms with Gasteiger partial charge in [-0.15, -0.1) is 0 Å². The minimum absolute atomic E-state index is 0.0977. The molecule has 0 heterocycles. The number of aliphatic hydroxyl groups is 1. The average Bonchev–Trinajstić information content (AvgIpc) is 2.34. The van der Waals surface area contributed by atoms with Gasteiger partial charge in [0.25, 0.3) is 0 Å². The maximum atomic E-state index is 13.7. The topological polar surface area (TPSA) is 20.2 Å². The smallest absolute Gasteiger partial charge is 0.131 e. The Kier molecular flexibility index (Phi) is 4.00. The van der Waals surface area contributed by atoms with Gasteiger partial charge in [-0.2, -0.15) is 0 Å². The molecule has 1 nitrogen and oxygen atoms in total. The molecule has 0 amide bonds. The molecule has 1 aromatic rings. The minimum Gasteiger partial charge on any atom is -0.388 e. The van der Waals surface area contributed by atoms with E-state index in [2.05, 4.69) is 6.92 Å². The molecule has 0 spiro atoms. The third-order valence-corrected chi connectivity index (χ3v) is 4.10. The lowest BCUT2D eigenvalue weighted by molar-refractivity contribution is 0.0724. The number of benzene rings is 1. The SMILES string of the molecule is Cc1cc(C(O)C2CCC(C)CC2)c(F)cc1F. The Labute approximate surface area is 107 Å². The van der Waals surface area contributed by atoms with Crippen molar-refractivity contribution < 1.29 is 13.9 Å². The van der Waals surface area contributed by atoms with E-state index in [4.69, 9.17) is 0 Å². The molecule has 1 aromatic carbocycles. The first kappa shape index (κ1) is 13.5. The average molecular weight is 254 g/mol. The van der Waals surface area contributed by atoms with Crippen LogP contribution in [0.4, 0.5) is 8.78 Å². The molecule has 1 atom stereocenters. The molecular weight excluding hydrogens is 234 g/mol. The molecule has 0 aliphatic heterocycles. The van der Waals surface area contributed by atoms with Gasteiger partial charge in [0.15, 0.2) is 0 Å². The van der Waals surface area contributed by atoms with Gasteiger partial charge in [-0.1, -0.05) is 19.8 Å². The van der Waals surface area contributed by atoms with Crippen molar-refractivity contribution in [2.45, 2.75) is 45.6 Å². The van der Waals surface area contributed by atoms with Crippen molar-refractivity contribution in [2.75, 3.05) is 0 Å². The third-order valence-electron chi connectivity index (χ3n) is 4.10. The maximum Gasteiger partial charge on any atom is 0.131 e. The second kappa shape index (κ2) is 5.35. The van der Waals surface area contributed by atoms with Gasteiger partial charge < -0.3 is 5.11 Å². The van der Waals surface area contributed by atoms with Crippen LogP contribution in [0.3, 0.4) is 0 Å². The summed E-state index contributed by atoms with van der Waals surface area (Å²) in [5.74, 6) is -0.404. The first-order valence-electron chi connectivity index (χ1n) is 6.62. The third kappa shape index (κ3) is 2.72. The number of rotatable bonds is 2. The molecule has 1 aliphatic rings. The van der Waals surface area contributed by atoms with E-state index in [1.54, 1.807) is 6.92 Å².